The topological polar surface area (TPSA) is 103 Å². The van der Waals surface area contributed by atoms with Gasteiger partial charge in [-0.05, 0) is 30.3 Å². The minimum atomic E-state index is -3.48. The SMILES string of the molecule is COc1ccc(CNC(=O)c2cc(NS(C)(=O)=O)ccc2Cl)c(OC)c1OC. The lowest BCUT2D eigenvalue weighted by molar-refractivity contribution is 0.0950. The van der Waals surface area contributed by atoms with Crippen molar-refractivity contribution in [2.75, 3.05) is 32.3 Å². The lowest BCUT2D eigenvalue weighted by Gasteiger charge is -2.16. The summed E-state index contributed by atoms with van der Waals surface area (Å²) in [7, 11) is 1.01. The molecule has 2 aromatic carbocycles. The Morgan fingerprint density at radius 2 is 1.71 bits per heavy atom. The van der Waals surface area contributed by atoms with Gasteiger partial charge in [0, 0.05) is 17.8 Å². The highest BCUT2D eigenvalue weighted by molar-refractivity contribution is 7.92. The molecule has 0 unspecified atom stereocenters. The molecule has 0 radical (unpaired) electrons. The number of anilines is 1. The van der Waals surface area contributed by atoms with Crippen molar-refractivity contribution in [1.29, 1.82) is 0 Å². The van der Waals surface area contributed by atoms with Gasteiger partial charge in [0.2, 0.25) is 15.8 Å². The fourth-order valence-electron chi connectivity index (χ4n) is 2.55. The van der Waals surface area contributed by atoms with Gasteiger partial charge in [0.15, 0.2) is 11.5 Å². The van der Waals surface area contributed by atoms with Gasteiger partial charge >= 0.3 is 0 Å². The maximum absolute atomic E-state index is 12.6. The second kappa shape index (κ2) is 9.03. The Kier molecular flexibility index (Phi) is 6.98. The van der Waals surface area contributed by atoms with E-state index < -0.39 is 15.9 Å². The molecule has 0 atom stereocenters. The smallest absolute Gasteiger partial charge is 0.253 e. The van der Waals surface area contributed by atoms with Crippen molar-refractivity contribution in [3.05, 3.63) is 46.5 Å². The van der Waals surface area contributed by atoms with E-state index in [1.807, 2.05) is 0 Å². The van der Waals surface area contributed by atoms with E-state index in [9.17, 15) is 13.2 Å². The molecule has 0 aromatic heterocycles. The molecule has 0 aliphatic heterocycles. The number of ether oxygens (including phenoxy) is 3. The maximum Gasteiger partial charge on any atom is 0.253 e. The highest BCUT2D eigenvalue weighted by Crippen LogP contribution is 2.39. The highest BCUT2D eigenvalue weighted by Gasteiger charge is 2.18. The van der Waals surface area contributed by atoms with E-state index in [1.165, 1.54) is 39.5 Å². The number of carbonyl (C=O) groups is 1. The molecule has 0 saturated heterocycles. The Labute approximate surface area is 168 Å². The molecule has 28 heavy (non-hydrogen) atoms. The van der Waals surface area contributed by atoms with Gasteiger partial charge < -0.3 is 19.5 Å². The summed E-state index contributed by atoms with van der Waals surface area (Å²) in [5.41, 5.74) is 1.03. The Morgan fingerprint density at radius 1 is 1.04 bits per heavy atom. The number of amides is 1. The molecular weight excluding hydrogens is 408 g/mol. The van der Waals surface area contributed by atoms with E-state index in [1.54, 1.807) is 12.1 Å². The first kappa shape index (κ1) is 21.6. The number of hydrogen-bond donors (Lipinski definition) is 2. The quantitative estimate of drug-likeness (QED) is 0.670. The fraction of sp³-hybridized carbons (Fsp3) is 0.278. The van der Waals surface area contributed by atoms with Crippen LogP contribution in [0.4, 0.5) is 5.69 Å². The van der Waals surface area contributed by atoms with Gasteiger partial charge in [0.1, 0.15) is 0 Å². The Balaban J connectivity index is 2.24. The van der Waals surface area contributed by atoms with E-state index in [0.29, 0.717) is 22.8 Å². The van der Waals surface area contributed by atoms with Crippen molar-refractivity contribution in [2.24, 2.45) is 0 Å². The summed E-state index contributed by atoms with van der Waals surface area (Å²) < 4.78 is 41.0. The second-order valence-electron chi connectivity index (χ2n) is 5.74. The van der Waals surface area contributed by atoms with Crippen molar-refractivity contribution in [1.82, 2.24) is 5.32 Å². The number of carbonyl (C=O) groups excluding carboxylic acids is 1. The summed E-state index contributed by atoms with van der Waals surface area (Å²) in [6, 6.07) is 7.72. The highest BCUT2D eigenvalue weighted by atomic mass is 35.5. The molecule has 152 valence electrons. The summed E-state index contributed by atoms with van der Waals surface area (Å²) in [6.07, 6.45) is 1.02. The molecule has 8 nitrogen and oxygen atoms in total. The molecule has 2 aromatic rings. The molecule has 0 heterocycles. The predicted molar refractivity (Wildman–Crippen MR) is 107 cm³/mol. The molecule has 0 aliphatic carbocycles. The summed E-state index contributed by atoms with van der Waals surface area (Å²) in [6.45, 7) is 0.127. The number of sulfonamides is 1. The third kappa shape index (κ3) is 5.20. The third-order valence-electron chi connectivity index (χ3n) is 3.74. The number of halogens is 1. The summed E-state index contributed by atoms with van der Waals surface area (Å²) >= 11 is 6.09. The van der Waals surface area contributed by atoms with E-state index in [-0.39, 0.29) is 22.8 Å². The van der Waals surface area contributed by atoms with Crippen LogP contribution in [0.2, 0.25) is 5.02 Å². The Bertz CT molecular complexity index is 978. The lowest BCUT2D eigenvalue weighted by Crippen LogP contribution is -2.24. The van der Waals surface area contributed by atoms with Crippen LogP contribution in [0.3, 0.4) is 0 Å². The molecule has 2 rings (SSSR count). The molecule has 10 heteroatoms. The van der Waals surface area contributed by atoms with Crippen molar-refractivity contribution < 1.29 is 27.4 Å². The van der Waals surface area contributed by atoms with Gasteiger partial charge in [-0.15, -0.1) is 0 Å². The van der Waals surface area contributed by atoms with Crippen LogP contribution < -0.4 is 24.2 Å². The van der Waals surface area contributed by atoms with E-state index in [4.69, 9.17) is 25.8 Å². The molecule has 0 fully saturated rings. The number of hydrogen-bond acceptors (Lipinski definition) is 6. The molecule has 0 aliphatic rings. The fourth-order valence-corrected chi connectivity index (χ4v) is 3.31. The zero-order valence-corrected chi connectivity index (χ0v) is 17.4. The maximum atomic E-state index is 12.6. The molecule has 0 bridgehead atoms. The minimum absolute atomic E-state index is 0.127. The predicted octanol–water partition coefficient (Wildman–Crippen LogP) is 2.67. The van der Waals surface area contributed by atoms with Crippen molar-refractivity contribution in [3.8, 4) is 17.2 Å². The third-order valence-corrected chi connectivity index (χ3v) is 4.68. The Morgan fingerprint density at radius 3 is 2.29 bits per heavy atom. The first-order valence-corrected chi connectivity index (χ1v) is 10.3. The largest absolute Gasteiger partial charge is 0.493 e. The van der Waals surface area contributed by atoms with Crippen molar-refractivity contribution in [2.45, 2.75) is 6.54 Å². The normalized spacial score (nSPS) is 10.9. The number of benzene rings is 2. The minimum Gasteiger partial charge on any atom is -0.493 e. The van der Waals surface area contributed by atoms with Gasteiger partial charge in [-0.2, -0.15) is 0 Å². The summed E-state index contributed by atoms with van der Waals surface area (Å²) in [5, 5.41) is 2.92. The molecular formula is C18H21ClN2O6S. The number of nitrogens with one attached hydrogen (secondary N) is 2. The zero-order valence-electron chi connectivity index (χ0n) is 15.8. The molecule has 0 spiro atoms. The molecule has 1 amide bonds. The van der Waals surface area contributed by atoms with Gasteiger partial charge in [-0.3, -0.25) is 9.52 Å². The Hall–Kier alpha value is -2.65. The molecule has 0 saturated carbocycles. The van der Waals surface area contributed by atoms with Gasteiger partial charge in [0.25, 0.3) is 5.91 Å². The number of rotatable bonds is 8. The summed E-state index contributed by atoms with van der Waals surface area (Å²) in [5.74, 6) is 0.867. The van der Waals surface area contributed by atoms with Crippen LogP contribution in [0.5, 0.6) is 17.2 Å². The van der Waals surface area contributed by atoms with Crippen LogP contribution >= 0.6 is 11.6 Å². The second-order valence-corrected chi connectivity index (χ2v) is 7.90. The average Bonchev–Trinajstić information content (AvgIpc) is 2.65. The first-order valence-electron chi connectivity index (χ1n) is 8.03. The average molecular weight is 429 g/mol. The van der Waals surface area contributed by atoms with Crippen LogP contribution in [0.15, 0.2) is 30.3 Å². The van der Waals surface area contributed by atoms with E-state index in [2.05, 4.69) is 10.0 Å². The van der Waals surface area contributed by atoms with Crippen LogP contribution in [0, 0.1) is 0 Å². The van der Waals surface area contributed by atoms with Crippen LogP contribution in [0.25, 0.3) is 0 Å². The standard InChI is InChI=1S/C18H21ClN2O6S/c1-25-15-8-5-11(16(26-2)17(15)27-3)10-20-18(22)13-9-12(6-7-14(13)19)21-28(4,23)24/h5-9,21H,10H2,1-4H3,(H,20,22). The van der Waals surface area contributed by atoms with Crippen LogP contribution in [0.1, 0.15) is 15.9 Å². The first-order chi connectivity index (χ1) is 13.2. The van der Waals surface area contributed by atoms with Gasteiger partial charge in [-0.25, -0.2) is 8.42 Å². The zero-order chi connectivity index (χ0) is 20.9. The van der Waals surface area contributed by atoms with Crippen LogP contribution in [-0.2, 0) is 16.6 Å². The van der Waals surface area contributed by atoms with E-state index in [0.717, 1.165) is 6.26 Å². The van der Waals surface area contributed by atoms with Gasteiger partial charge in [0.05, 0.1) is 38.2 Å². The molecule has 2 N–H and O–H groups in total. The summed E-state index contributed by atoms with van der Waals surface area (Å²) in [4.78, 5) is 12.6. The van der Waals surface area contributed by atoms with E-state index >= 15 is 0 Å². The van der Waals surface area contributed by atoms with Crippen molar-refractivity contribution >= 4 is 33.2 Å². The van der Waals surface area contributed by atoms with Crippen LogP contribution in [-0.4, -0.2) is 41.9 Å². The van der Waals surface area contributed by atoms with Gasteiger partial charge in [-0.1, -0.05) is 11.6 Å². The lowest BCUT2D eigenvalue weighted by atomic mass is 10.1. The number of methoxy groups -OCH3 is 3. The monoisotopic (exact) mass is 428 g/mol. The van der Waals surface area contributed by atoms with Crippen molar-refractivity contribution in [3.63, 3.8) is 0 Å².